The molecule has 2 aliphatic rings. The number of anilines is 2. The van der Waals surface area contributed by atoms with Crippen LogP contribution in [-0.4, -0.2) is 32.8 Å². The SMILES string of the molecule is CCC(C)NC(=O)c1ccccc1NS(=O)(=O)c1ccc2c(c1)CCN2C(=O)C1CC1. The molecular formula is C23H27N3O4S. The molecule has 2 N–H and O–H groups in total. The van der Waals surface area contributed by atoms with Crippen LogP contribution in [0.3, 0.4) is 0 Å². The maximum absolute atomic E-state index is 13.1. The minimum absolute atomic E-state index is 0.0184. The van der Waals surface area contributed by atoms with E-state index in [4.69, 9.17) is 0 Å². The molecule has 2 amide bonds. The van der Waals surface area contributed by atoms with Crippen molar-refractivity contribution in [3.63, 3.8) is 0 Å². The van der Waals surface area contributed by atoms with E-state index in [-0.39, 0.29) is 39.9 Å². The molecule has 0 radical (unpaired) electrons. The van der Waals surface area contributed by atoms with Gasteiger partial charge in [-0.25, -0.2) is 8.42 Å². The highest BCUT2D eigenvalue weighted by Gasteiger charge is 2.36. The molecule has 1 aliphatic carbocycles. The number of amides is 2. The van der Waals surface area contributed by atoms with E-state index in [9.17, 15) is 18.0 Å². The van der Waals surface area contributed by atoms with Crippen LogP contribution in [0.2, 0.25) is 0 Å². The molecule has 1 heterocycles. The average Bonchev–Trinajstić information content (AvgIpc) is 3.52. The maximum atomic E-state index is 13.1. The van der Waals surface area contributed by atoms with Gasteiger partial charge in [0.1, 0.15) is 0 Å². The molecule has 0 saturated heterocycles. The van der Waals surface area contributed by atoms with Crippen molar-refractivity contribution in [3.8, 4) is 0 Å². The first kappa shape index (κ1) is 21.4. The molecule has 164 valence electrons. The molecule has 1 aliphatic heterocycles. The fourth-order valence-electron chi connectivity index (χ4n) is 3.70. The second-order valence-electron chi connectivity index (χ2n) is 8.24. The first-order valence-corrected chi connectivity index (χ1v) is 12.2. The molecule has 1 fully saturated rings. The van der Waals surface area contributed by atoms with Crippen LogP contribution >= 0.6 is 0 Å². The predicted octanol–water partition coefficient (Wildman–Crippen LogP) is 3.31. The van der Waals surface area contributed by atoms with Gasteiger partial charge < -0.3 is 10.2 Å². The Morgan fingerprint density at radius 3 is 2.61 bits per heavy atom. The highest BCUT2D eigenvalue weighted by molar-refractivity contribution is 7.92. The summed E-state index contributed by atoms with van der Waals surface area (Å²) >= 11 is 0. The van der Waals surface area contributed by atoms with Crippen LogP contribution in [0.5, 0.6) is 0 Å². The molecule has 8 heteroatoms. The third kappa shape index (κ3) is 4.44. The van der Waals surface area contributed by atoms with E-state index in [0.29, 0.717) is 13.0 Å². The van der Waals surface area contributed by atoms with Crippen molar-refractivity contribution < 1.29 is 18.0 Å². The maximum Gasteiger partial charge on any atom is 0.261 e. The quantitative estimate of drug-likeness (QED) is 0.689. The zero-order valence-corrected chi connectivity index (χ0v) is 18.5. The Morgan fingerprint density at radius 1 is 1.16 bits per heavy atom. The fraction of sp³-hybridized carbons (Fsp3) is 0.391. The summed E-state index contributed by atoms with van der Waals surface area (Å²) in [5.41, 5.74) is 2.15. The number of sulfonamides is 1. The summed E-state index contributed by atoms with van der Waals surface area (Å²) in [6.07, 6.45) is 3.27. The Labute approximate surface area is 182 Å². The molecule has 2 aromatic carbocycles. The van der Waals surface area contributed by atoms with Crippen LogP contribution in [0.25, 0.3) is 0 Å². The molecule has 0 aromatic heterocycles. The number of benzene rings is 2. The van der Waals surface area contributed by atoms with Crippen molar-refractivity contribution in [2.45, 2.75) is 50.5 Å². The molecule has 1 saturated carbocycles. The first-order valence-electron chi connectivity index (χ1n) is 10.7. The molecule has 31 heavy (non-hydrogen) atoms. The van der Waals surface area contributed by atoms with Gasteiger partial charge in [-0.15, -0.1) is 0 Å². The first-order chi connectivity index (χ1) is 14.8. The number of carbonyl (C=O) groups is 2. The summed E-state index contributed by atoms with van der Waals surface area (Å²) < 4.78 is 28.7. The third-order valence-electron chi connectivity index (χ3n) is 5.86. The Hall–Kier alpha value is -2.87. The van der Waals surface area contributed by atoms with Gasteiger partial charge in [-0.05, 0) is 68.5 Å². The molecular weight excluding hydrogens is 414 g/mol. The number of fused-ring (bicyclic) bond motifs is 1. The lowest BCUT2D eigenvalue weighted by atomic mass is 10.1. The smallest absolute Gasteiger partial charge is 0.261 e. The molecule has 4 rings (SSSR count). The van der Waals surface area contributed by atoms with Crippen molar-refractivity contribution in [2.75, 3.05) is 16.2 Å². The number of nitrogens with one attached hydrogen (secondary N) is 2. The number of para-hydroxylation sites is 1. The van der Waals surface area contributed by atoms with E-state index in [0.717, 1.165) is 30.5 Å². The molecule has 0 bridgehead atoms. The van der Waals surface area contributed by atoms with E-state index >= 15 is 0 Å². The van der Waals surface area contributed by atoms with Crippen LogP contribution in [0.1, 0.15) is 49.0 Å². The number of carbonyl (C=O) groups excluding carboxylic acids is 2. The summed E-state index contributed by atoms with van der Waals surface area (Å²) in [5, 5.41) is 2.86. The fourth-order valence-corrected chi connectivity index (χ4v) is 4.83. The average molecular weight is 442 g/mol. The standard InChI is InChI=1S/C23H27N3O4S/c1-3-15(2)24-22(27)19-6-4-5-7-20(19)25-31(29,30)18-10-11-21-17(14-18)12-13-26(21)23(28)16-8-9-16/h4-7,10-11,14-16,25H,3,8-9,12-13H2,1-2H3,(H,24,27). The number of hydrogen-bond acceptors (Lipinski definition) is 4. The van der Waals surface area contributed by atoms with Gasteiger partial charge in [0.15, 0.2) is 0 Å². The van der Waals surface area contributed by atoms with Gasteiger partial charge in [0.25, 0.3) is 15.9 Å². The Balaban J connectivity index is 1.57. The summed E-state index contributed by atoms with van der Waals surface area (Å²) in [6.45, 7) is 4.44. The monoisotopic (exact) mass is 441 g/mol. The molecule has 0 spiro atoms. The molecule has 2 aromatic rings. The van der Waals surface area contributed by atoms with Crippen LogP contribution in [0.15, 0.2) is 47.4 Å². The Bertz CT molecular complexity index is 1130. The van der Waals surface area contributed by atoms with Gasteiger partial charge in [0, 0.05) is 24.2 Å². The molecule has 1 unspecified atom stereocenters. The minimum atomic E-state index is -3.90. The van der Waals surface area contributed by atoms with Crippen LogP contribution < -0.4 is 14.9 Å². The van der Waals surface area contributed by atoms with Crippen molar-refractivity contribution in [3.05, 3.63) is 53.6 Å². The van der Waals surface area contributed by atoms with E-state index in [1.807, 2.05) is 13.8 Å². The van der Waals surface area contributed by atoms with Gasteiger partial charge in [-0.3, -0.25) is 14.3 Å². The summed E-state index contributed by atoms with van der Waals surface area (Å²) in [6, 6.07) is 11.4. The zero-order valence-electron chi connectivity index (χ0n) is 17.7. The van der Waals surface area contributed by atoms with E-state index < -0.39 is 10.0 Å². The van der Waals surface area contributed by atoms with Crippen molar-refractivity contribution in [2.24, 2.45) is 5.92 Å². The van der Waals surface area contributed by atoms with Crippen molar-refractivity contribution >= 4 is 33.2 Å². The van der Waals surface area contributed by atoms with Gasteiger partial charge in [-0.1, -0.05) is 19.1 Å². The van der Waals surface area contributed by atoms with Crippen molar-refractivity contribution in [1.82, 2.24) is 5.32 Å². The second-order valence-corrected chi connectivity index (χ2v) is 9.92. The molecule has 7 nitrogen and oxygen atoms in total. The van der Waals surface area contributed by atoms with Crippen molar-refractivity contribution in [1.29, 1.82) is 0 Å². The Morgan fingerprint density at radius 2 is 1.90 bits per heavy atom. The lowest BCUT2D eigenvalue weighted by Crippen LogP contribution is -2.32. The highest BCUT2D eigenvalue weighted by atomic mass is 32.2. The number of nitrogens with zero attached hydrogens (tertiary/aromatic N) is 1. The van der Waals surface area contributed by atoms with Gasteiger partial charge in [0.05, 0.1) is 16.1 Å². The van der Waals surface area contributed by atoms with Crippen LogP contribution in [0.4, 0.5) is 11.4 Å². The Kier molecular flexibility index (Phi) is 5.75. The lowest BCUT2D eigenvalue weighted by Gasteiger charge is -2.18. The molecule has 1 atom stereocenters. The summed E-state index contributed by atoms with van der Waals surface area (Å²) in [5.74, 6) is -0.0707. The number of hydrogen-bond donors (Lipinski definition) is 2. The lowest BCUT2D eigenvalue weighted by molar-refractivity contribution is -0.119. The predicted molar refractivity (Wildman–Crippen MR) is 120 cm³/mol. The van der Waals surface area contributed by atoms with Gasteiger partial charge in [-0.2, -0.15) is 0 Å². The van der Waals surface area contributed by atoms with Gasteiger partial charge >= 0.3 is 0 Å². The van der Waals surface area contributed by atoms with Crippen LogP contribution in [-0.2, 0) is 21.2 Å². The normalized spacial score (nSPS) is 16.5. The van der Waals surface area contributed by atoms with E-state index in [1.165, 1.54) is 6.07 Å². The van der Waals surface area contributed by atoms with Gasteiger partial charge in [0.2, 0.25) is 5.91 Å². The summed E-state index contributed by atoms with van der Waals surface area (Å²) in [7, 11) is -3.90. The minimum Gasteiger partial charge on any atom is -0.350 e. The van der Waals surface area contributed by atoms with E-state index in [1.54, 1.807) is 41.3 Å². The topological polar surface area (TPSA) is 95.6 Å². The third-order valence-corrected chi connectivity index (χ3v) is 7.22. The highest BCUT2D eigenvalue weighted by Crippen LogP contribution is 2.37. The largest absolute Gasteiger partial charge is 0.350 e. The number of rotatable bonds is 7. The summed E-state index contributed by atoms with van der Waals surface area (Å²) in [4.78, 5) is 26.9. The second kappa shape index (κ2) is 8.34. The van der Waals surface area contributed by atoms with Crippen LogP contribution in [0, 0.1) is 5.92 Å². The zero-order chi connectivity index (χ0) is 22.2. The van der Waals surface area contributed by atoms with E-state index in [2.05, 4.69) is 10.0 Å².